The van der Waals surface area contributed by atoms with Gasteiger partial charge in [0.25, 0.3) is 0 Å². The van der Waals surface area contributed by atoms with Crippen molar-refractivity contribution in [2.45, 2.75) is 52.0 Å². The summed E-state index contributed by atoms with van der Waals surface area (Å²) in [5.41, 5.74) is 0. The summed E-state index contributed by atoms with van der Waals surface area (Å²) in [6.45, 7) is 8.46. The highest BCUT2D eigenvalue weighted by molar-refractivity contribution is 4.84. The molecule has 0 saturated heterocycles. The van der Waals surface area contributed by atoms with Crippen LogP contribution in [0.25, 0.3) is 0 Å². The van der Waals surface area contributed by atoms with Gasteiger partial charge in [-0.2, -0.15) is 0 Å². The van der Waals surface area contributed by atoms with Gasteiger partial charge in [-0.1, -0.05) is 13.8 Å². The Morgan fingerprint density at radius 2 is 1.93 bits per heavy atom. The lowest BCUT2D eigenvalue weighted by Gasteiger charge is -2.22. The number of hydrogen-bond acceptors (Lipinski definition) is 2. The van der Waals surface area contributed by atoms with Gasteiger partial charge in [-0.25, -0.2) is 0 Å². The zero-order chi connectivity index (χ0) is 11.1. The molecule has 0 aromatic rings. The van der Waals surface area contributed by atoms with Gasteiger partial charge in [0, 0.05) is 6.04 Å². The summed E-state index contributed by atoms with van der Waals surface area (Å²) in [5.74, 6) is 0.851. The molecule has 2 heteroatoms. The molecule has 1 aliphatic carbocycles. The van der Waals surface area contributed by atoms with Crippen LogP contribution in [0, 0.1) is 5.92 Å². The highest BCUT2D eigenvalue weighted by Gasteiger charge is 2.27. The van der Waals surface area contributed by atoms with Gasteiger partial charge in [0.05, 0.1) is 0 Å². The first-order valence-corrected chi connectivity index (χ1v) is 6.62. The Balaban J connectivity index is 2.07. The standard InChI is InChI=1S/C13H28N2/c1-12(2)8-11-15(13-6-7-13)10-5-4-9-14-3/h12-14H,4-11H2,1-3H3. The van der Waals surface area contributed by atoms with E-state index in [-0.39, 0.29) is 0 Å². The van der Waals surface area contributed by atoms with E-state index in [1.54, 1.807) is 0 Å². The van der Waals surface area contributed by atoms with E-state index in [9.17, 15) is 0 Å². The van der Waals surface area contributed by atoms with Gasteiger partial charge < -0.3 is 10.2 Å². The lowest BCUT2D eigenvalue weighted by Crippen LogP contribution is -2.29. The van der Waals surface area contributed by atoms with Gasteiger partial charge in [0.15, 0.2) is 0 Å². The van der Waals surface area contributed by atoms with E-state index in [0.29, 0.717) is 0 Å². The van der Waals surface area contributed by atoms with E-state index in [4.69, 9.17) is 0 Å². The third-order valence-corrected chi connectivity index (χ3v) is 3.18. The van der Waals surface area contributed by atoms with Crippen LogP contribution in [0.1, 0.15) is 46.0 Å². The smallest absolute Gasteiger partial charge is 0.00964 e. The van der Waals surface area contributed by atoms with Crippen molar-refractivity contribution in [3.63, 3.8) is 0 Å². The van der Waals surface area contributed by atoms with Gasteiger partial charge in [-0.15, -0.1) is 0 Å². The van der Waals surface area contributed by atoms with Crippen LogP contribution in [-0.4, -0.2) is 37.6 Å². The molecule has 0 aliphatic heterocycles. The quantitative estimate of drug-likeness (QED) is 0.591. The number of unbranched alkanes of at least 4 members (excludes halogenated alkanes) is 1. The Kier molecular flexibility index (Phi) is 6.26. The lowest BCUT2D eigenvalue weighted by molar-refractivity contribution is 0.243. The fraction of sp³-hybridized carbons (Fsp3) is 1.00. The van der Waals surface area contributed by atoms with Crippen molar-refractivity contribution in [3.8, 4) is 0 Å². The van der Waals surface area contributed by atoms with E-state index >= 15 is 0 Å². The third kappa shape index (κ3) is 6.16. The average Bonchev–Trinajstić information content (AvgIpc) is 3.00. The van der Waals surface area contributed by atoms with Crippen LogP contribution in [0.2, 0.25) is 0 Å². The van der Waals surface area contributed by atoms with E-state index in [0.717, 1.165) is 12.0 Å². The summed E-state index contributed by atoms with van der Waals surface area (Å²) in [7, 11) is 2.04. The summed E-state index contributed by atoms with van der Waals surface area (Å²) >= 11 is 0. The Hall–Kier alpha value is -0.0800. The Morgan fingerprint density at radius 1 is 1.20 bits per heavy atom. The average molecular weight is 212 g/mol. The maximum absolute atomic E-state index is 3.22. The minimum absolute atomic E-state index is 0.851. The van der Waals surface area contributed by atoms with Gasteiger partial charge >= 0.3 is 0 Å². The largest absolute Gasteiger partial charge is 0.320 e. The molecule has 0 atom stereocenters. The topological polar surface area (TPSA) is 15.3 Å². The molecule has 2 nitrogen and oxygen atoms in total. The summed E-state index contributed by atoms with van der Waals surface area (Å²) in [6.07, 6.45) is 6.94. The molecule has 0 aromatic carbocycles. The zero-order valence-electron chi connectivity index (χ0n) is 10.8. The zero-order valence-corrected chi connectivity index (χ0v) is 10.8. The molecule has 1 saturated carbocycles. The second-order valence-corrected chi connectivity index (χ2v) is 5.26. The molecule has 0 spiro atoms. The molecule has 1 N–H and O–H groups in total. The van der Waals surface area contributed by atoms with Crippen molar-refractivity contribution in [2.75, 3.05) is 26.7 Å². The van der Waals surface area contributed by atoms with Gasteiger partial charge in [0.1, 0.15) is 0 Å². The minimum atomic E-state index is 0.851. The summed E-state index contributed by atoms with van der Waals surface area (Å²) in [5, 5.41) is 3.22. The molecule has 0 aromatic heterocycles. The summed E-state index contributed by atoms with van der Waals surface area (Å²) in [6, 6.07) is 0.943. The SMILES string of the molecule is CNCCCCN(CCC(C)C)C1CC1. The number of rotatable bonds is 9. The normalized spacial score (nSPS) is 16.6. The van der Waals surface area contributed by atoms with Crippen LogP contribution in [0.3, 0.4) is 0 Å². The van der Waals surface area contributed by atoms with Gasteiger partial charge in [0.2, 0.25) is 0 Å². The van der Waals surface area contributed by atoms with E-state index in [2.05, 4.69) is 24.1 Å². The second kappa shape index (κ2) is 7.24. The van der Waals surface area contributed by atoms with Crippen LogP contribution in [0.5, 0.6) is 0 Å². The van der Waals surface area contributed by atoms with Crippen LogP contribution < -0.4 is 5.32 Å². The van der Waals surface area contributed by atoms with Crippen molar-refractivity contribution in [3.05, 3.63) is 0 Å². The van der Waals surface area contributed by atoms with Gasteiger partial charge in [-0.3, -0.25) is 0 Å². The van der Waals surface area contributed by atoms with E-state index < -0.39 is 0 Å². The van der Waals surface area contributed by atoms with Crippen LogP contribution >= 0.6 is 0 Å². The maximum Gasteiger partial charge on any atom is 0.00964 e. The second-order valence-electron chi connectivity index (χ2n) is 5.26. The Morgan fingerprint density at radius 3 is 2.47 bits per heavy atom. The molecule has 0 unspecified atom stereocenters. The predicted octanol–water partition coefficient (Wildman–Crippen LogP) is 2.50. The third-order valence-electron chi connectivity index (χ3n) is 3.18. The van der Waals surface area contributed by atoms with Crippen molar-refractivity contribution in [1.29, 1.82) is 0 Å². The fourth-order valence-electron chi connectivity index (χ4n) is 1.96. The van der Waals surface area contributed by atoms with Crippen LogP contribution in [0.4, 0.5) is 0 Å². The molecule has 0 amide bonds. The van der Waals surface area contributed by atoms with Crippen molar-refractivity contribution < 1.29 is 0 Å². The molecule has 1 rings (SSSR count). The first kappa shape index (κ1) is 13.0. The minimum Gasteiger partial charge on any atom is -0.320 e. The van der Waals surface area contributed by atoms with Crippen molar-refractivity contribution in [2.24, 2.45) is 5.92 Å². The molecule has 15 heavy (non-hydrogen) atoms. The van der Waals surface area contributed by atoms with Crippen molar-refractivity contribution in [1.82, 2.24) is 10.2 Å². The van der Waals surface area contributed by atoms with Crippen molar-refractivity contribution >= 4 is 0 Å². The summed E-state index contributed by atoms with van der Waals surface area (Å²) < 4.78 is 0. The maximum atomic E-state index is 3.22. The van der Waals surface area contributed by atoms with Crippen LogP contribution in [-0.2, 0) is 0 Å². The highest BCUT2D eigenvalue weighted by Crippen LogP contribution is 2.27. The molecule has 0 bridgehead atoms. The first-order chi connectivity index (χ1) is 7.24. The number of nitrogens with zero attached hydrogens (tertiary/aromatic N) is 1. The molecule has 1 aliphatic rings. The lowest BCUT2D eigenvalue weighted by atomic mass is 10.1. The van der Waals surface area contributed by atoms with E-state index in [1.807, 2.05) is 7.05 Å². The monoisotopic (exact) mass is 212 g/mol. The Labute approximate surface area is 95.4 Å². The number of hydrogen-bond donors (Lipinski definition) is 1. The van der Waals surface area contributed by atoms with E-state index in [1.165, 1.54) is 51.7 Å². The first-order valence-electron chi connectivity index (χ1n) is 6.62. The molecule has 90 valence electrons. The van der Waals surface area contributed by atoms with Crippen LogP contribution in [0.15, 0.2) is 0 Å². The summed E-state index contributed by atoms with van der Waals surface area (Å²) in [4.78, 5) is 2.72. The molecular weight excluding hydrogens is 184 g/mol. The highest BCUT2D eigenvalue weighted by atomic mass is 15.2. The number of nitrogens with one attached hydrogen (secondary N) is 1. The molecule has 1 fully saturated rings. The van der Waals surface area contributed by atoms with Gasteiger partial charge in [-0.05, 0) is 64.7 Å². The molecule has 0 radical (unpaired) electrons. The fourth-order valence-corrected chi connectivity index (χ4v) is 1.96. The predicted molar refractivity (Wildman–Crippen MR) is 67.2 cm³/mol. The molecular formula is C13H28N2. The molecule has 0 heterocycles. The Bertz CT molecular complexity index is 153.